The van der Waals surface area contributed by atoms with Gasteiger partial charge < -0.3 is 15.0 Å². The SMILES string of the molecule is CN1CCc2nc(NC(=O)NC=C3CCOCC3)sc2C1. The second-order valence-corrected chi connectivity index (χ2v) is 6.47. The molecular weight excluding hydrogens is 288 g/mol. The van der Waals surface area contributed by atoms with E-state index >= 15 is 0 Å². The van der Waals surface area contributed by atoms with Gasteiger partial charge in [-0.2, -0.15) is 0 Å². The Morgan fingerprint density at radius 3 is 3.00 bits per heavy atom. The van der Waals surface area contributed by atoms with Gasteiger partial charge in [-0.1, -0.05) is 0 Å². The van der Waals surface area contributed by atoms with E-state index in [1.807, 2.05) is 0 Å². The zero-order valence-corrected chi connectivity index (χ0v) is 13.0. The summed E-state index contributed by atoms with van der Waals surface area (Å²) >= 11 is 1.56. The lowest BCUT2D eigenvalue weighted by Gasteiger charge is -2.20. The van der Waals surface area contributed by atoms with Crippen molar-refractivity contribution in [2.45, 2.75) is 25.8 Å². The van der Waals surface area contributed by atoms with Gasteiger partial charge in [0.05, 0.1) is 18.9 Å². The van der Waals surface area contributed by atoms with Gasteiger partial charge in [-0.25, -0.2) is 9.78 Å². The third-order valence-corrected chi connectivity index (χ3v) is 4.68. The molecule has 1 fully saturated rings. The number of nitrogens with zero attached hydrogens (tertiary/aromatic N) is 2. The molecule has 6 nitrogen and oxygen atoms in total. The monoisotopic (exact) mass is 308 g/mol. The van der Waals surface area contributed by atoms with Crippen LogP contribution in [-0.2, 0) is 17.7 Å². The molecule has 0 bridgehead atoms. The molecule has 2 aliphatic rings. The van der Waals surface area contributed by atoms with Crippen LogP contribution in [0.5, 0.6) is 0 Å². The number of hydrogen-bond acceptors (Lipinski definition) is 5. The molecule has 0 aromatic carbocycles. The highest BCUT2D eigenvalue weighted by Gasteiger charge is 2.18. The van der Waals surface area contributed by atoms with E-state index in [2.05, 4.69) is 27.6 Å². The van der Waals surface area contributed by atoms with Crippen molar-refractivity contribution in [3.05, 3.63) is 22.3 Å². The first-order chi connectivity index (χ1) is 10.2. The number of hydrogen-bond donors (Lipinski definition) is 2. The largest absolute Gasteiger partial charge is 0.381 e. The standard InChI is InChI=1S/C14H20N4O2S/c1-18-5-2-11-12(9-18)21-14(16-11)17-13(19)15-8-10-3-6-20-7-4-10/h8H,2-7,9H2,1H3,(H2,15,16,17,19). The fraction of sp³-hybridized carbons (Fsp3) is 0.571. The number of carbonyl (C=O) groups is 1. The molecule has 0 saturated carbocycles. The molecule has 7 heteroatoms. The summed E-state index contributed by atoms with van der Waals surface area (Å²) in [5.74, 6) is 0. The lowest BCUT2D eigenvalue weighted by molar-refractivity contribution is 0.119. The molecule has 21 heavy (non-hydrogen) atoms. The minimum atomic E-state index is -0.228. The summed E-state index contributed by atoms with van der Waals surface area (Å²) in [5.41, 5.74) is 2.34. The third kappa shape index (κ3) is 3.81. The number of likely N-dealkylation sites (N-methyl/N-ethyl adjacent to an activating group) is 1. The number of nitrogens with one attached hydrogen (secondary N) is 2. The molecular formula is C14H20N4O2S. The zero-order chi connectivity index (χ0) is 14.7. The molecule has 2 N–H and O–H groups in total. The minimum Gasteiger partial charge on any atom is -0.381 e. The molecule has 1 aromatic rings. The van der Waals surface area contributed by atoms with Gasteiger partial charge in [0.1, 0.15) is 0 Å². The molecule has 0 spiro atoms. The predicted molar refractivity (Wildman–Crippen MR) is 82.4 cm³/mol. The summed E-state index contributed by atoms with van der Waals surface area (Å²) in [5, 5.41) is 6.27. The minimum absolute atomic E-state index is 0.228. The third-order valence-electron chi connectivity index (χ3n) is 3.68. The maximum atomic E-state index is 11.9. The van der Waals surface area contributed by atoms with Crippen molar-refractivity contribution in [1.82, 2.24) is 15.2 Å². The number of urea groups is 1. The Hall–Kier alpha value is -1.44. The lowest BCUT2D eigenvalue weighted by Crippen LogP contribution is -2.25. The normalized spacial score (nSPS) is 19.0. The van der Waals surface area contributed by atoms with Crippen molar-refractivity contribution in [1.29, 1.82) is 0 Å². The van der Waals surface area contributed by atoms with Crippen LogP contribution in [0.25, 0.3) is 0 Å². The van der Waals surface area contributed by atoms with E-state index in [9.17, 15) is 4.79 Å². The molecule has 1 aromatic heterocycles. The van der Waals surface area contributed by atoms with E-state index in [-0.39, 0.29) is 6.03 Å². The van der Waals surface area contributed by atoms with E-state index in [1.54, 1.807) is 17.5 Å². The second kappa shape index (κ2) is 6.55. The predicted octanol–water partition coefficient (Wildman–Crippen LogP) is 1.95. The summed E-state index contributed by atoms with van der Waals surface area (Å²) in [7, 11) is 2.10. The molecule has 2 amide bonds. The maximum absolute atomic E-state index is 11.9. The van der Waals surface area contributed by atoms with Crippen molar-refractivity contribution < 1.29 is 9.53 Å². The van der Waals surface area contributed by atoms with Crippen LogP contribution in [0.3, 0.4) is 0 Å². The summed E-state index contributed by atoms with van der Waals surface area (Å²) < 4.78 is 5.28. The van der Waals surface area contributed by atoms with Crippen LogP contribution in [0, 0.1) is 0 Å². The van der Waals surface area contributed by atoms with Crippen molar-refractivity contribution in [2.24, 2.45) is 0 Å². The van der Waals surface area contributed by atoms with E-state index in [0.717, 1.165) is 51.3 Å². The van der Waals surface area contributed by atoms with Gasteiger partial charge in [0.2, 0.25) is 0 Å². The highest BCUT2D eigenvalue weighted by molar-refractivity contribution is 7.15. The number of amides is 2. The van der Waals surface area contributed by atoms with Crippen LogP contribution in [-0.4, -0.2) is 42.7 Å². The van der Waals surface area contributed by atoms with E-state index in [0.29, 0.717) is 5.13 Å². The van der Waals surface area contributed by atoms with Crippen LogP contribution in [0.15, 0.2) is 11.8 Å². The number of thiazole rings is 1. The first-order valence-corrected chi connectivity index (χ1v) is 8.02. The number of ether oxygens (including phenoxy) is 1. The molecule has 114 valence electrons. The Labute approximate surface area is 128 Å². The Kier molecular flexibility index (Phi) is 4.52. The summed E-state index contributed by atoms with van der Waals surface area (Å²) in [6.45, 7) is 3.42. The first-order valence-electron chi connectivity index (χ1n) is 7.21. The summed E-state index contributed by atoms with van der Waals surface area (Å²) in [6, 6.07) is -0.228. The second-order valence-electron chi connectivity index (χ2n) is 5.39. The van der Waals surface area contributed by atoms with Crippen molar-refractivity contribution in [3.63, 3.8) is 0 Å². The molecule has 2 aliphatic heterocycles. The smallest absolute Gasteiger partial charge is 0.325 e. The number of anilines is 1. The number of fused-ring (bicyclic) bond motifs is 1. The highest BCUT2D eigenvalue weighted by Crippen LogP contribution is 2.27. The molecule has 1 saturated heterocycles. The molecule has 3 heterocycles. The van der Waals surface area contributed by atoms with Crippen LogP contribution in [0.4, 0.5) is 9.93 Å². The Bertz CT molecular complexity index is 547. The zero-order valence-electron chi connectivity index (χ0n) is 12.1. The van der Waals surface area contributed by atoms with Crippen LogP contribution >= 0.6 is 11.3 Å². The van der Waals surface area contributed by atoms with Crippen LogP contribution in [0.2, 0.25) is 0 Å². The number of rotatable bonds is 2. The number of aromatic nitrogens is 1. The van der Waals surface area contributed by atoms with Gasteiger partial charge in [-0.3, -0.25) is 5.32 Å². The Morgan fingerprint density at radius 1 is 1.38 bits per heavy atom. The van der Waals surface area contributed by atoms with Gasteiger partial charge in [0, 0.05) is 30.6 Å². The lowest BCUT2D eigenvalue weighted by atomic mass is 10.1. The van der Waals surface area contributed by atoms with Crippen LogP contribution in [0.1, 0.15) is 23.4 Å². The number of carbonyl (C=O) groups excluding carboxylic acids is 1. The summed E-state index contributed by atoms with van der Waals surface area (Å²) in [4.78, 5) is 19.9. The van der Waals surface area contributed by atoms with Crippen molar-refractivity contribution in [2.75, 3.05) is 32.1 Å². The highest BCUT2D eigenvalue weighted by atomic mass is 32.1. The van der Waals surface area contributed by atoms with Gasteiger partial charge >= 0.3 is 6.03 Å². The molecule has 3 rings (SSSR count). The molecule has 0 unspecified atom stereocenters. The Morgan fingerprint density at radius 2 is 2.19 bits per heavy atom. The fourth-order valence-electron chi connectivity index (χ4n) is 2.46. The van der Waals surface area contributed by atoms with Gasteiger partial charge in [-0.15, -0.1) is 11.3 Å². The quantitative estimate of drug-likeness (QED) is 0.876. The topological polar surface area (TPSA) is 66.5 Å². The van der Waals surface area contributed by atoms with Crippen LogP contribution < -0.4 is 10.6 Å². The van der Waals surface area contributed by atoms with Gasteiger partial charge in [-0.05, 0) is 25.5 Å². The fourth-order valence-corrected chi connectivity index (χ4v) is 3.54. The molecule has 0 radical (unpaired) electrons. The average molecular weight is 308 g/mol. The van der Waals surface area contributed by atoms with Crippen molar-refractivity contribution >= 4 is 22.5 Å². The van der Waals surface area contributed by atoms with Gasteiger partial charge in [0.15, 0.2) is 5.13 Å². The summed E-state index contributed by atoms with van der Waals surface area (Å²) in [6.07, 6.45) is 4.52. The molecule has 0 aliphatic carbocycles. The molecule has 0 atom stereocenters. The van der Waals surface area contributed by atoms with Crippen molar-refractivity contribution in [3.8, 4) is 0 Å². The van der Waals surface area contributed by atoms with Gasteiger partial charge in [0.25, 0.3) is 0 Å². The van der Waals surface area contributed by atoms with E-state index < -0.39 is 0 Å². The first kappa shape index (κ1) is 14.5. The van der Waals surface area contributed by atoms with E-state index in [1.165, 1.54) is 10.5 Å². The Balaban J connectivity index is 1.55. The maximum Gasteiger partial charge on any atom is 0.325 e. The van der Waals surface area contributed by atoms with E-state index in [4.69, 9.17) is 4.74 Å². The average Bonchev–Trinajstić information content (AvgIpc) is 2.87.